The van der Waals surface area contributed by atoms with E-state index in [1.54, 1.807) is 24.5 Å². The number of aromatic hydroxyl groups is 1. The molecule has 0 aliphatic rings. The second kappa shape index (κ2) is 6.93. The summed E-state index contributed by atoms with van der Waals surface area (Å²) in [6.45, 7) is 0. The highest BCUT2D eigenvalue weighted by molar-refractivity contribution is 9.10. The second-order valence-electron chi connectivity index (χ2n) is 4.68. The number of methoxy groups -OCH3 is 1. The van der Waals surface area contributed by atoms with Gasteiger partial charge < -0.3 is 9.84 Å². The van der Waals surface area contributed by atoms with Crippen molar-refractivity contribution < 1.29 is 9.84 Å². The van der Waals surface area contributed by atoms with Gasteiger partial charge in [0.15, 0.2) is 11.5 Å². The summed E-state index contributed by atoms with van der Waals surface area (Å²) >= 11 is 8.49. The molecule has 0 amide bonds. The average Bonchev–Trinajstić information content (AvgIpc) is 2.97. The Morgan fingerprint density at radius 2 is 2.25 bits per heavy atom. The predicted octanol–water partition coefficient (Wildman–Crippen LogP) is 3.36. The third-order valence-corrected chi connectivity index (χ3v) is 4.01. The first-order valence-electron chi connectivity index (χ1n) is 6.80. The molecule has 1 aromatic carbocycles. The Morgan fingerprint density at radius 3 is 2.96 bits per heavy atom. The van der Waals surface area contributed by atoms with Crippen LogP contribution in [0.1, 0.15) is 5.56 Å². The maximum atomic E-state index is 9.85. The van der Waals surface area contributed by atoms with Crippen LogP contribution in [0.3, 0.4) is 0 Å². The molecule has 0 saturated carbocycles. The van der Waals surface area contributed by atoms with E-state index in [2.05, 4.69) is 36.2 Å². The standard InChI is InChI=1S/C15H12BrN5O2S/c1-23-12-7-9(6-10(16)13(12)22)8-18-21-14(19-20-15(21)24)11-4-2-3-5-17-11/h2-8,22H,1H3,(H,20,24)/b18-8+. The number of benzene rings is 1. The SMILES string of the molecule is COc1cc(/C=N/n2c(-c3ccccn3)n[nH]c2=S)cc(Br)c1O. The first-order valence-corrected chi connectivity index (χ1v) is 8.00. The van der Waals surface area contributed by atoms with Gasteiger partial charge in [-0.25, -0.2) is 5.10 Å². The summed E-state index contributed by atoms with van der Waals surface area (Å²) in [6.07, 6.45) is 3.26. The lowest BCUT2D eigenvalue weighted by molar-refractivity contribution is 0.372. The summed E-state index contributed by atoms with van der Waals surface area (Å²) in [5, 5.41) is 21.1. The number of phenolic OH excluding ortho intramolecular Hbond substituents is 1. The molecule has 2 heterocycles. The molecule has 122 valence electrons. The molecule has 0 atom stereocenters. The van der Waals surface area contributed by atoms with Gasteiger partial charge in [-0.3, -0.25) is 4.98 Å². The molecule has 0 fully saturated rings. The van der Waals surface area contributed by atoms with Crippen molar-refractivity contribution in [3.63, 3.8) is 0 Å². The zero-order valence-electron chi connectivity index (χ0n) is 12.5. The van der Waals surface area contributed by atoms with Crippen LogP contribution in [-0.2, 0) is 0 Å². The quantitative estimate of drug-likeness (QED) is 0.513. The van der Waals surface area contributed by atoms with Gasteiger partial charge in [0.2, 0.25) is 10.6 Å². The molecule has 0 aliphatic carbocycles. The zero-order chi connectivity index (χ0) is 17.1. The number of pyridine rings is 1. The number of nitrogens with zero attached hydrogens (tertiary/aromatic N) is 4. The fourth-order valence-electron chi connectivity index (χ4n) is 2.01. The lowest BCUT2D eigenvalue weighted by Crippen LogP contribution is -1.97. The van der Waals surface area contributed by atoms with Crippen LogP contribution in [0.2, 0.25) is 0 Å². The van der Waals surface area contributed by atoms with E-state index in [1.165, 1.54) is 11.8 Å². The summed E-state index contributed by atoms with van der Waals surface area (Å²) < 4.78 is 7.45. The molecule has 3 aromatic rings. The van der Waals surface area contributed by atoms with Crippen LogP contribution in [0, 0.1) is 4.77 Å². The maximum absolute atomic E-state index is 9.85. The van der Waals surface area contributed by atoms with Crippen molar-refractivity contribution in [1.29, 1.82) is 0 Å². The van der Waals surface area contributed by atoms with Crippen molar-refractivity contribution in [1.82, 2.24) is 19.9 Å². The van der Waals surface area contributed by atoms with Gasteiger partial charge in [-0.15, -0.1) is 0 Å². The van der Waals surface area contributed by atoms with E-state index in [9.17, 15) is 5.11 Å². The van der Waals surface area contributed by atoms with Gasteiger partial charge >= 0.3 is 0 Å². The molecule has 3 rings (SSSR count). The van der Waals surface area contributed by atoms with Crippen LogP contribution >= 0.6 is 28.1 Å². The summed E-state index contributed by atoms with van der Waals surface area (Å²) in [5.41, 5.74) is 1.36. The third kappa shape index (κ3) is 3.22. The number of hydrogen-bond donors (Lipinski definition) is 2. The van der Waals surface area contributed by atoms with Crippen LogP contribution in [-0.4, -0.2) is 38.3 Å². The van der Waals surface area contributed by atoms with Gasteiger partial charge in [-0.1, -0.05) is 6.07 Å². The van der Waals surface area contributed by atoms with Crippen molar-refractivity contribution in [3.8, 4) is 23.0 Å². The Kier molecular flexibility index (Phi) is 4.72. The number of ether oxygens (including phenoxy) is 1. The monoisotopic (exact) mass is 405 g/mol. The second-order valence-corrected chi connectivity index (χ2v) is 5.92. The van der Waals surface area contributed by atoms with Crippen molar-refractivity contribution in [2.45, 2.75) is 0 Å². The molecule has 24 heavy (non-hydrogen) atoms. The Balaban J connectivity index is 2.01. The summed E-state index contributed by atoms with van der Waals surface area (Å²) in [4.78, 5) is 4.25. The minimum atomic E-state index is 0.0312. The third-order valence-electron chi connectivity index (χ3n) is 3.14. The molecule has 0 saturated heterocycles. The van der Waals surface area contributed by atoms with Gasteiger partial charge in [0, 0.05) is 6.20 Å². The Labute approximate surface area is 150 Å². The number of phenols is 1. The largest absolute Gasteiger partial charge is 0.503 e. The molecule has 0 unspecified atom stereocenters. The summed E-state index contributed by atoms with van der Waals surface area (Å²) in [5.74, 6) is 0.872. The fraction of sp³-hybridized carbons (Fsp3) is 0.0667. The lowest BCUT2D eigenvalue weighted by atomic mass is 10.2. The van der Waals surface area contributed by atoms with Crippen molar-refractivity contribution in [2.24, 2.45) is 5.10 Å². The van der Waals surface area contributed by atoms with Crippen LogP contribution in [0.5, 0.6) is 11.5 Å². The minimum Gasteiger partial charge on any atom is -0.503 e. The molecule has 7 nitrogen and oxygen atoms in total. The predicted molar refractivity (Wildman–Crippen MR) is 96.0 cm³/mol. The molecule has 0 aliphatic heterocycles. The summed E-state index contributed by atoms with van der Waals surface area (Å²) in [6, 6.07) is 8.87. The van der Waals surface area contributed by atoms with E-state index in [0.29, 0.717) is 32.1 Å². The fourth-order valence-corrected chi connectivity index (χ4v) is 2.65. The van der Waals surface area contributed by atoms with E-state index in [0.717, 1.165) is 0 Å². The molecular formula is C15H12BrN5O2S. The van der Waals surface area contributed by atoms with Crippen LogP contribution in [0.25, 0.3) is 11.5 Å². The zero-order valence-corrected chi connectivity index (χ0v) is 14.9. The Morgan fingerprint density at radius 1 is 1.42 bits per heavy atom. The maximum Gasteiger partial charge on any atom is 0.216 e. The number of aromatic amines is 1. The topological polar surface area (TPSA) is 88.3 Å². The number of aromatic nitrogens is 4. The molecule has 2 aromatic heterocycles. The van der Waals surface area contributed by atoms with Gasteiger partial charge in [0.1, 0.15) is 5.69 Å². The molecule has 9 heteroatoms. The van der Waals surface area contributed by atoms with Gasteiger partial charge in [-0.2, -0.15) is 14.9 Å². The average molecular weight is 406 g/mol. The van der Waals surface area contributed by atoms with Gasteiger partial charge in [0.25, 0.3) is 0 Å². The van der Waals surface area contributed by atoms with Crippen LogP contribution < -0.4 is 4.74 Å². The number of nitrogens with one attached hydrogen (secondary N) is 1. The Hall–Kier alpha value is -2.52. The van der Waals surface area contributed by atoms with E-state index in [4.69, 9.17) is 17.0 Å². The van der Waals surface area contributed by atoms with E-state index in [-0.39, 0.29) is 5.75 Å². The number of H-pyrrole nitrogens is 1. The van der Waals surface area contributed by atoms with Crippen molar-refractivity contribution >= 4 is 34.4 Å². The lowest BCUT2D eigenvalue weighted by Gasteiger charge is -2.06. The highest BCUT2D eigenvalue weighted by atomic mass is 79.9. The van der Waals surface area contributed by atoms with Crippen molar-refractivity contribution in [3.05, 3.63) is 51.3 Å². The highest BCUT2D eigenvalue weighted by Gasteiger charge is 2.10. The summed E-state index contributed by atoms with van der Waals surface area (Å²) in [7, 11) is 1.48. The molecule has 0 bridgehead atoms. The Bertz CT molecular complexity index is 952. The molecule has 0 radical (unpaired) electrons. The molecule has 0 spiro atoms. The highest BCUT2D eigenvalue weighted by Crippen LogP contribution is 2.34. The number of halogens is 1. The first-order chi connectivity index (χ1) is 11.6. The van der Waals surface area contributed by atoms with Crippen LogP contribution in [0.4, 0.5) is 0 Å². The minimum absolute atomic E-state index is 0.0312. The molecular weight excluding hydrogens is 394 g/mol. The number of hydrogen-bond acceptors (Lipinski definition) is 6. The van der Waals surface area contributed by atoms with E-state index >= 15 is 0 Å². The van der Waals surface area contributed by atoms with Gasteiger partial charge in [0.05, 0.1) is 17.8 Å². The van der Waals surface area contributed by atoms with Crippen molar-refractivity contribution in [2.75, 3.05) is 7.11 Å². The number of rotatable bonds is 4. The van der Waals surface area contributed by atoms with E-state index in [1.807, 2.05) is 18.2 Å². The first kappa shape index (κ1) is 16.3. The van der Waals surface area contributed by atoms with E-state index < -0.39 is 0 Å². The van der Waals surface area contributed by atoms with Crippen LogP contribution in [0.15, 0.2) is 46.1 Å². The van der Waals surface area contributed by atoms with Gasteiger partial charge in [-0.05, 0) is 58.0 Å². The smallest absolute Gasteiger partial charge is 0.216 e. The normalized spacial score (nSPS) is 11.1. The molecule has 2 N–H and O–H groups in total.